The van der Waals surface area contributed by atoms with Crippen LogP contribution in [0.25, 0.3) is 5.57 Å². The second-order valence-electron chi connectivity index (χ2n) is 6.75. The van der Waals surface area contributed by atoms with Crippen molar-refractivity contribution in [2.24, 2.45) is 0 Å². The number of nitrogens with one attached hydrogen (secondary N) is 1. The maximum Gasteiger partial charge on any atom is 0.416 e. The van der Waals surface area contributed by atoms with Crippen LogP contribution in [-0.2, 0) is 6.18 Å². The fraction of sp³-hybridized carbons (Fsp3) is 0.190. The van der Waals surface area contributed by atoms with Gasteiger partial charge in [-0.25, -0.2) is 0 Å². The topological polar surface area (TPSA) is 72.2 Å². The average Bonchev–Trinajstić information content (AvgIpc) is 2.69. The van der Waals surface area contributed by atoms with Gasteiger partial charge in [0.1, 0.15) is 0 Å². The molecule has 0 aromatic heterocycles. The largest absolute Gasteiger partial charge is 0.416 e. The van der Waals surface area contributed by atoms with Crippen LogP contribution >= 0.6 is 0 Å². The zero-order chi connectivity index (χ0) is 21.2. The molecule has 0 fully saturated rings. The lowest BCUT2D eigenvalue weighted by Crippen LogP contribution is -2.54. The van der Waals surface area contributed by atoms with E-state index in [1.165, 1.54) is 12.1 Å². The van der Waals surface area contributed by atoms with Crippen molar-refractivity contribution in [2.45, 2.75) is 25.2 Å². The van der Waals surface area contributed by atoms with Crippen molar-refractivity contribution in [1.29, 1.82) is 0 Å². The molecule has 1 aliphatic carbocycles. The molecular formula is C21H17F3N2O3. The summed E-state index contributed by atoms with van der Waals surface area (Å²) >= 11 is 0. The molecule has 5 nitrogen and oxygen atoms in total. The molecule has 0 saturated carbocycles. The molecule has 8 heteroatoms. The smallest absolute Gasteiger partial charge is 0.284 e. The molecule has 0 aliphatic heterocycles. The summed E-state index contributed by atoms with van der Waals surface area (Å²) in [5, 5.41) is 14.2. The minimum atomic E-state index is -4.62. The van der Waals surface area contributed by atoms with Crippen molar-refractivity contribution >= 4 is 11.5 Å². The first kappa shape index (κ1) is 20.3. The van der Waals surface area contributed by atoms with Gasteiger partial charge in [-0.15, -0.1) is 0 Å². The molecule has 3 rings (SSSR count). The number of hydrogen-bond acceptors (Lipinski definition) is 3. The van der Waals surface area contributed by atoms with E-state index >= 15 is 0 Å². The van der Waals surface area contributed by atoms with Crippen LogP contribution < -0.4 is 5.32 Å². The van der Waals surface area contributed by atoms with Gasteiger partial charge in [-0.05, 0) is 41.8 Å². The summed E-state index contributed by atoms with van der Waals surface area (Å²) in [7, 11) is 0. The quantitative estimate of drug-likeness (QED) is 0.452. The van der Waals surface area contributed by atoms with Gasteiger partial charge in [0.25, 0.3) is 5.91 Å². The molecule has 1 N–H and O–H groups in total. The Balaban J connectivity index is 1.93. The molecule has 0 radical (unpaired) electrons. The van der Waals surface area contributed by atoms with Crippen LogP contribution in [0.3, 0.4) is 0 Å². The zero-order valence-electron chi connectivity index (χ0n) is 15.4. The summed E-state index contributed by atoms with van der Waals surface area (Å²) < 4.78 is 38.8. The van der Waals surface area contributed by atoms with E-state index in [1.807, 2.05) is 6.07 Å². The standard InChI is InChI=1S/C21H17F3N2O3/c1-14-10-11-20(26(28)29,13-18(14)15-6-3-2-4-7-15)25-19(27)16-8-5-9-17(12-16)21(22,23)24/h2-12H,13H2,1H3,(H,25,27). The van der Waals surface area contributed by atoms with E-state index in [-0.39, 0.29) is 12.0 Å². The zero-order valence-corrected chi connectivity index (χ0v) is 15.4. The number of carbonyl (C=O) groups is 1. The lowest BCUT2D eigenvalue weighted by atomic mass is 9.86. The fourth-order valence-corrected chi connectivity index (χ4v) is 3.16. The predicted molar refractivity (Wildman–Crippen MR) is 101 cm³/mol. The number of hydrogen-bond donors (Lipinski definition) is 1. The Morgan fingerprint density at radius 2 is 1.83 bits per heavy atom. The third-order valence-electron chi connectivity index (χ3n) is 4.76. The van der Waals surface area contributed by atoms with E-state index < -0.39 is 28.2 Å². The SMILES string of the molecule is CC1=C(c2ccccc2)CC(NC(=O)c2cccc(C(F)(F)F)c2)([N+](=O)[O-])C=C1. The van der Waals surface area contributed by atoms with E-state index in [0.717, 1.165) is 23.3 Å². The van der Waals surface area contributed by atoms with Gasteiger partial charge in [-0.1, -0.05) is 42.5 Å². The van der Waals surface area contributed by atoms with Crippen LogP contribution in [0.15, 0.2) is 72.3 Å². The van der Waals surface area contributed by atoms with Crippen molar-refractivity contribution in [3.05, 3.63) is 99.1 Å². The predicted octanol–water partition coefficient (Wildman–Crippen LogP) is 4.84. The van der Waals surface area contributed by atoms with Crippen LogP contribution in [0.4, 0.5) is 13.2 Å². The van der Waals surface area contributed by atoms with E-state index in [1.54, 1.807) is 37.3 Å². The molecule has 1 unspecified atom stereocenters. The molecule has 1 atom stereocenters. The lowest BCUT2D eigenvalue weighted by molar-refractivity contribution is -0.558. The molecule has 0 spiro atoms. The first-order valence-corrected chi connectivity index (χ1v) is 8.71. The van der Waals surface area contributed by atoms with Gasteiger partial charge in [-0.2, -0.15) is 13.2 Å². The van der Waals surface area contributed by atoms with Crippen LogP contribution in [-0.4, -0.2) is 16.5 Å². The van der Waals surface area contributed by atoms with Crippen molar-refractivity contribution < 1.29 is 22.9 Å². The summed E-state index contributed by atoms with van der Waals surface area (Å²) in [5.41, 5.74) is -1.01. The van der Waals surface area contributed by atoms with E-state index in [0.29, 0.717) is 11.6 Å². The van der Waals surface area contributed by atoms with Gasteiger partial charge in [0.15, 0.2) is 0 Å². The molecule has 1 aliphatic rings. The minimum absolute atomic E-state index is 0.128. The van der Waals surface area contributed by atoms with Crippen LogP contribution in [0.5, 0.6) is 0 Å². The lowest BCUT2D eigenvalue weighted by Gasteiger charge is -2.28. The number of rotatable bonds is 4. The number of allylic oxidation sites excluding steroid dienone is 2. The van der Waals surface area contributed by atoms with Crippen molar-refractivity contribution in [2.75, 3.05) is 0 Å². The highest BCUT2D eigenvalue weighted by molar-refractivity contribution is 5.95. The Labute approximate surface area is 164 Å². The van der Waals surface area contributed by atoms with Gasteiger partial charge >= 0.3 is 11.8 Å². The normalized spacial score (nSPS) is 19.2. The number of nitrogens with zero attached hydrogens (tertiary/aromatic N) is 1. The maximum atomic E-state index is 12.9. The molecule has 1 amide bonds. The fourth-order valence-electron chi connectivity index (χ4n) is 3.16. The molecule has 0 bridgehead atoms. The summed E-state index contributed by atoms with van der Waals surface area (Å²) in [5.74, 6) is -0.954. The highest BCUT2D eigenvalue weighted by atomic mass is 19.4. The summed E-state index contributed by atoms with van der Waals surface area (Å²) in [4.78, 5) is 23.8. The van der Waals surface area contributed by atoms with Crippen LogP contribution in [0.1, 0.15) is 34.8 Å². The number of amides is 1. The number of carbonyl (C=O) groups excluding carboxylic acids is 1. The average molecular weight is 402 g/mol. The molecular weight excluding hydrogens is 385 g/mol. The summed E-state index contributed by atoms with van der Waals surface area (Å²) in [6, 6.07) is 12.8. The summed E-state index contributed by atoms with van der Waals surface area (Å²) in [6.07, 6.45) is -1.94. The number of benzene rings is 2. The Hall–Kier alpha value is -3.42. The molecule has 29 heavy (non-hydrogen) atoms. The maximum absolute atomic E-state index is 12.9. The molecule has 150 valence electrons. The van der Waals surface area contributed by atoms with Gasteiger partial charge < -0.3 is 0 Å². The van der Waals surface area contributed by atoms with E-state index in [2.05, 4.69) is 5.32 Å². The second kappa shape index (κ2) is 7.54. The van der Waals surface area contributed by atoms with Crippen LogP contribution in [0.2, 0.25) is 0 Å². The van der Waals surface area contributed by atoms with Crippen molar-refractivity contribution in [1.82, 2.24) is 5.32 Å². The van der Waals surface area contributed by atoms with E-state index in [9.17, 15) is 28.1 Å². The van der Waals surface area contributed by atoms with Gasteiger partial charge in [0.2, 0.25) is 0 Å². The number of halogens is 3. The van der Waals surface area contributed by atoms with E-state index in [4.69, 9.17) is 0 Å². The molecule has 0 heterocycles. The van der Waals surface area contributed by atoms with Crippen LogP contribution in [0, 0.1) is 10.1 Å². The van der Waals surface area contributed by atoms with Gasteiger partial charge in [-0.3, -0.25) is 20.2 Å². The Morgan fingerprint density at radius 3 is 2.45 bits per heavy atom. The van der Waals surface area contributed by atoms with Crippen molar-refractivity contribution in [3.63, 3.8) is 0 Å². The first-order chi connectivity index (χ1) is 13.6. The molecule has 2 aromatic rings. The monoisotopic (exact) mass is 402 g/mol. The summed E-state index contributed by atoms with van der Waals surface area (Å²) in [6.45, 7) is 1.80. The Kier molecular flexibility index (Phi) is 5.28. The minimum Gasteiger partial charge on any atom is -0.284 e. The molecule has 2 aromatic carbocycles. The van der Waals surface area contributed by atoms with Gasteiger partial charge in [0, 0.05) is 11.6 Å². The van der Waals surface area contributed by atoms with Crippen molar-refractivity contribution in [3.8, 4) is 0 Å². The Morgan fingerprint density at radius 1 is 1.14 bits per heavy atom. The highest BCUT2D eigenvalue weighted by Crippen LogP contribution is 2.35. The number of alkyl halides is 3. The van der Waals surface area contributed by atoms with Gasteiger partial charge in [0.05, 0.1) is 16.9 Å². The molecule has 0 saturated heterocycles. The number of nitro groups is 1. The third kappa shape index (κ3) is 4.21. The Bertz CT molecular complexity index is 1010. The third-order valence-corrected chi connectivity index (χ3v) is 4.76. The second-order valence-corrected chi connectivity index (χ2v) is 6.75. The highest BCUT2D eigenvalue weighted by Gasteiger charge is 2.45. The first-order valence-electron chi connectivity index (χ1n) is 8.71.